The van der Waals surface area contributed by atoms with Crippen molar-refractivity contribution in [1.82, 2.24) is 5.32 Å². The molecule has 0 bridgehead atoms. The highest BCUT2D eigenvalue weighted by Crippen LogP contribution is 2.38. The number of anilines is 2. The van der Waals surface area contributed by atoms with Crippen LogP contribution in [0.5, 0.6) is 0 Å². The Morgan fingerprint density at radius 1 is 1.24 bits per heavy atom. The number of nitrogens with zero attached hydrogens (tertiary/aromatic N) is 3. The second kappa shape index (κ2) is 7.69. The normalized spacial score (nSPS) is 20.6. The van der Waals surface area contributed by atoms with Crippen LogP contribution in [0.3, 0.4) is 0 Å². The standard InChI is InChI=1S/C21H23FN4O3/c1-2-23-21(27)18-12-14-11-17(26(28)29)7-8-19(14)25-10-9-24(13-20(18)25)16-5-3-15(22)4-6-16/h3-8,11,18,20H,2,9-10,12-13H2,1H3,(H,23,27)/t18-,20-/m0/s1. The molecule has 1 saturated heterocycles. The van der Waals surface area contributed by atoms with Crippen molar-refractivity contribution in [2.45, 2.75) is 19.4 Å². The summed E-state index contributed by atoms with van der Waals surface area (Å²) in [6.45, 7) is 4.45. The van der Waals surface area contributed by atoms with Crippen LogP contribution in [0.25, 0.3) is 0 Å². The van der Waals surface area contributed by atoms with E-state index in [4.69, 9.17) is 0 Å². The lowest BCUT2D eigenvalue weighted by Gasteiger charge is -2.49. The number of amides is 1. The molecule has 8 heteroatoms. The number of non-ortho nitro benzene ring substituents is 1. The first kappa shape index (κ1) is 19.2. The molecule has 1 N–H and O–H groups in total. The second-order valence-electron chi connectivity index (χ2n) is 7.46. The van der Waals surface area contributed by atoms with Gasteiger partial charge in [-0.05, 0) is 49.2 Å². The molecule has 0 spiro atoms. The molecular formula is C21H23FN4O3. The first-order valence-corrected chi connectivity index (χ1v) is 9.80. The van der Waals surface area contributed by atoms with Crippen molar-refractivity contribution in [2.75, 3.05) is 36.0 Å². The Kier molecular flexibility index (Phi) is 5.08. The summed E-state index contributed by atoms with van der Waals surface area (Å²) in [5.74, 6) is -0.630. The van der Waals surface area contributed by atoms with Crippen LogP contribution in [0.1, 0.15) is 12.5 Å². The van der Waals surface area contributed by atoms with E-state index < -0.39 is 4.92 Å². The lowest BCUT2D eigenvalue weighted by atomic mass is 9.83. The summed E-state index contributed by atoms with van der Waals surface area (Å²) in [6, 6.07) is 11.2. The quantitative estimate of drug-likeness (QED) is 0.633. The average Bonchev–Trinajstić information content (AvgIpc) is 2.73. The molecule has 1 amide bonds. The number of hydrogen-bond donors (Lipinski definition) is 1. The van der Waals surface area contributed by atoms with Crippen LogP contribution in [0.4, 0.5) is 21.5 Å². The van der Waals surface area contributed by atoms with Crippen molar-refractivity contribution in [2.24, 2.45) is 5.92 Å². The number of halogens is 1. The highest BCUT2D eigenvalue weighted by atomic mass is 19.1. The van der Waals surface area contributed by atoms with Gasteiger partial charge in [0.2, 0.25) is 5.91 Å². The van der Waals surface area contributed by atoms with E-state index >= 15 is 0 Å². The summed E-state index contributed by atoms with van der Waals surface area (Å²) >= 11 is 0. The van der Waals surface area contributed by atoms with E-state index in [0.717, 1.165) is 23.5 Å². The van der Waals surface area contributed by atoms with Crippen molar-refractivity contribution < 1.29 is 14.1 Å². The van der Waals surface area contributed by atoms with E-state index in [-0.39, 0.29) is 29.4 Å². The van der Waals surface area contributed by atoms with Gasteiger partial charge < -0.3 is 15.1 Å². The van der Waals surface area contributed by atoms with E-state index in [1.54, 1.807) is 24.3 Å². The number of carbonyl (C=O) groups is 1. The Balaban J connectivity index is 1.67. The maximum atomic E-state index is 13.3. The van der Waals surface area contributed by atoms with Crippen LogP contribution >= 0.6 is 0 Å². The van der Waals surface area contributed by atoms with E-state index in [0.29, 0.717) is 26.1 Å². The van der Waals surface area contributed by atoms with Gasteiger partial charge in [0.15, 0.2) is 0 Å². The molecule has 2 aliphatic heterocycles. The first-order valence-electron chi connectivity index (χ1n) is 9.80. The number of fused-ring (bicyclic) bond motifs is 3. The number of piperazine rings is 1. The van der Waals surface area contributed by atoms with Gasteiger partial charge in [-0.2, -0.15) is 0 Å². The summed E-state index contributed by atoms with van der Waals surface area (Å²) in [5.41, 5.74) is 2.76. The first-order chi connectivity index (χ1) is 14.0. The van der Waals surface area contributed by atoms with Gasteiger partial charge in [0.05, 0.1) is 16.9 Å². The molecule has 0 radical (unpaired) electrons. The summed E-state index contributed by atoms with van der Waals surface area (Å²) in [7, 11) is 0. The minimum absolute atomic E-state index is 0.0411. The Labute approximate surface area is 168 Å². The molecule has 29 heavy (non-hydrogen) atoms. The van der Waals surface area contributed by atoms with Crippen LogP contribution in [-0.4, -0.2) is 43.1 Å². The molecule has 2 heterocycles. The Hall–Kier alpha value is -3.16. The van der Waals surface area contributed by atoms with Gasteiger partial charge in [0.1, 0.15) is 5.82 Å². The van der Waals surface area contributed by atoms with E-state index in [1.807, 2.05) is 6.92 Å². The van der Waals surface area contributed by atoms with Crippen molar-refractivity contribution in [3.8, 4) is 0 Å². The molecule has 0 unspecified atom stereocenters. The Bertz CT molecular complexity index is 934. The largest absolute Gasteiger partial charge is 0.368 e. The molecule has 4 rings (SSSR count). The molecule has 152 valence electrons. The smallest absolute Gasteiger partial charge is 0.269 e. The van der Waals surface area contributed by atoms with Gasteiger partial charge in [-0.15, -0.1) is 0 Å². The van der Waals surface area contributed by atoms with Crippen LogP contribution in [0.15, 0.2) is 42.5 Å². The zero-order chi connectivity index (χ0) is 20.5. The average molecular weight is 398 g/mol. The molecule has 0 aliphatic carbocycles. The lowest BCUT2D eigenvalue weighted by molar-refractivity contribution is -0.384. The van der Waals surface area contributed by atoms with Crippen LogP contribution in [0.2, 0.25) is 0 Å². The van der Waals surface area contributed by atoms with Gasteiger partial charge in [-0.25, -0.2) is 4.39 Å². The molecule has 2 aromatic rings. The molecule has 0 saturated carbocycles. The molecule has 2 atom stereocenters. The van der Waals surface area contributed by atoms with Gasteiger partial charge in [0.25, 0.3) is 5.69 Å². The van der Waals surface area contributed by atoms with Gasteiger partial charge in [0, 0.05) is 49.7 Å². The fraction of sp³-hybridized carbons (Fsp3) is 0.381. The molecule has 2 aromatic carbocycles. The fourth-order valence-corrected chi connectivity index (χ4v) is 4.41. The van der Waals surface area contributed by atoms with Crippen LogP contribution < -0.4 is 15.1 Å². The highest BCUT2D eigenvalue weighted by Gasteiger charge is 2.41. The monoisotopic (exact) mass is 398 g/mol. The third-order valence-electron chi connectivity index (χ3n) is 5.79. The van der Waals surface area contributed by atoms with Gasteiger partial charge >= 0.3 is 0 Å². The molecule has 0 aromatic heterocycles. The number of benzene rings is 2. The predicted molar refractivity (Wildman–Crippen MR) is 109 cm³/mol. The number of hydrogen-bond acceptors (Lipinski definition) is 5. The number of rotatable bonds is 4. The topological polar surface area (TPSA) is 78.7 Å². The maximum absolute atomic E-state index is 13.3. The maximum Gasteiger partial charge on any atom is 0.269 e. The van der Waals surface area contributed by atoms with Gasteiger partial charge in [-0.1, -0.05) is 0 Å². The minimum Gasteiger partial charge on any atom is -0.368 e. The predicted octanol–water partition coefficient (Wildman–Crippen LogP) is 2.74. The molecule has 2 aliphatic rings. The SMILES string of the molecule is CCNC(=O)[C@H]1Cc2cc([N+](=O)[O-])ccc2N2CCN(c3ccc(F)cc3)C[C@@H]12. The summed E-state index contributed by atoms with van der Waals surface area (Å²) < 4.78 is 13.3. The number of nitro groups is 1. The van der Waals surface area contributed by atoms with E-state index in [2.05, 4.69) is 15.1 Å². The molecule has 1 fully saturated rings. The summed E-state index contributed by atoms with van der Waals surface area (Å²) in [4.78, 5) is 28.0. The van der Waals surface area contributed by atoms with E-state index in [1.165, 1.54) is 18.2 Å². The lowest BCUT2D eigenvalue weighted by Crippen LogP contribution is -2.61. The summed E-state index contributed by atoms with van der Waals surface area (Å²) in [6.07, 6.45) is 0.460. The van der Waals surface area contributed by atoms with Crippen molar-refractivity contribution in [3.05, 3.63) is 64.0 Å². The summed E-state index contributed by atoms with van der Waals surface area (Å²) in [5, 5.41) is 14.1. The van der Waals surface area contributed by atoms with E-state index in [9.17, 15) is 19.3 Å². The third kappa shape index (κ3) is 3.62. The number of carbonyl (C=O) groups excluding carboxylic acids is 1. The Morgan fingerprint density at radius 3 is 2.69 bits per heavy atom. The van der Waals surface area contributed by atoms with Crippen LogP contribution in [0, 0.1) is 21.8 Å². The minimum atomic E-state index is -0.403. The van der Waals surface area contributed by atoms with Crippen molar-refractivity contribution in [3.63, 3.8) is 0 Å². The number of nitro benzene ring substituents is 1. The molecular weight excluding hydrogens is 375 g/mol. The zero-order valence-electron chi connectivity index (χ0n) is 16.2. The zero-order valence-corrected chi connectivity index (χ0v) is 16.2. The van der Waals surface area contributed by atoms with Crippen molar-refractivity contribution >= 4 is 23.0 Å². The number of nitrogens with one attached hydrogen (secondary N) is 1. The van der Waals surface area contributed by atoms with Gasteiger partial charge in [-0.3, -0.25) is 14.9 Å². The molecule has 7 nitrogen and oxygen atoms in total. The van der Waals surface area contributed by atoms with Crippen LogP contribution in [-0.2, 0) is 11.2 Å². The van der Waals surface area contributed by atoms with Crippen molar-refractivity contribution in [1.29, 1.82) is 0 Å². The third-order valence-corrected chi connectivity index (χ3v) is 5.79. The fourth-order valence-electron chi connectivity index (χ4n) is 4.41. The Morgan fingerprint density at radius 2 is 2.00 bits per heavy atom. The second-order valence-corrected chi connectivity index (χ2v) is 7.46. The highest BCUT2D eigenvalue weighted by molar-refractivity contribution is 5.82.